The highest BCUT2D eigenvalue weighted by Gasteiger charge is 2.35. The van der Waals surface area contributed by atoms with Gasteiger partial charge in [-0.25, -0.2) is 0 Å². The summed E-state index contributed by atoms with van der Waals surface area (Å²) in [6.45, 7) is 4.45. The van der Waals surface area contributed by atoms with E-state index >= 15 is 0 Å². The molecule has 33 heavy (non-hydrogen) atoms. The summed E-state index contributed by atoms with van der Waals surface area (Å²) in [4.78, 5) is 0. The third-order valence-corrected chi connectivity index (χ3v) is 6.16. The van der Waals surface area contributed by atoms with Crippen LogP contribution in [0.3, 0.4) is 0 Å². The molecule has 4 aromatic rings. The molecule has 1 aliphatic rings. The van der Waals surface area contributed by atoms with Gasteiger partial charge >= 0.3 is 0 Å². The lowest BCUT2D eigenvalue weighted by Gasteiger charge is -2.35. The van der Waals surface area contributed by atoms with Crippen LogP contribution in [0.25, 0.3) is 11.1 Å². The number of para-hydroxylation sites is 2. The molecule has 0 amide bonds. The second kappa shape index (κ2) is 8.06. The summed E-state index contributed by atoms with van der Waals surface area (Å²) in [5.74, 6) is 1.65. The molecule has 0 atom stereocenters. The molecule has 0 saturated heterocycles. The lowest BCUT2D eigenvalue weighted by atomic mass is 9.75. The Hall–Kier alpha value is -4.18. The summed E-state index contributed by atoms with van der Waals surface area (Å²) in [6, 6.07) is 31.2. The monoisotopic (exact) mass is 432 g/mol. The van der Waals surface area contributed by atoms with Gasteiger partial charge in [-0.1, -0.05) is 80.6 Å². The third-order valence-electron chi connectivity index (χ3n) is 6.16. The van der Waals surface area contributed by atoms with Gasteiger partial charge in [0.1, 0.15) is 11.5 Å². The van der Waals surface area contributed by atoms with E-state index in [1.807, 2.05) is 60.7 Å². The Labute approximate surface area is 193 Å². The lowest BCUT2D eigenvalue weighted by Crippen LogP contribution is -2.24. The number of nitrogens with one attached hydrogen (secondary N) is 2. The van der Waals surface area contributed by atoms with Gasteiger partial charge in [0, 0.05) is 33.2 Å². The zero-order valence-corrected chi connectivity index (χ0v) is 18.6. The number of ether oxygens (including phenoxy) is 2. The molecule has 2 N–H and O–H groups in total. The van der Waals surface area contributed by atoms with Gasteiger partial charge in [0.2, 0.25) is 11.8 Å². The number of benzene rings is 4. The van der Waals surface area contributed by atoms with E-state index < -0.39 is 0 Å². The van der Waals surface area contributed by atoms with Crippen LogP contribution in [0.5, 0.6) is 11.5 Å². The first-order chi connectivity index (χ1) is 15.9. The van der Waals surface area contributed by atoms with E-state index in [-0.39, 0.29) is 17.2 Å². The Kier molecular flexibility index (Phi) is 5.06. The first-order valence-electron chi connectivity index (χ1n) is 10.9. The van der Waals surface area contributed by atoms with Crippen LogP contribution in [0.1, 0.15) is 36.1 Å². The van der Waals surface area contributed by atoms with Crippen molar-refractivity contribution in [2.24, 2.45) is 0 Å². The second-order valence-corrected chi connectivity index (χ2v) is 8.61. The molecule has 5 rings (SSSR count). The van der Waals surface area contributed by atoms with Crippen molar-refractivity contribution in [2.75, 3.05) is 0 Å². The zero-order valence-electron chi connectivity index (χ0n) is 18.6. The average Bonchev–Trinajstić information content (AvgIpc) is 2.84. The van der Waals surface area contributed by atoms with Crippen molar-refractivity contribution in [3.63, 3.8) is 0 Å². The molecule has 162 valence electrons. The summed E-state index contributed by atoms with van der Waals surface area (Å²) < 4.78 is 11.8. The van der Waals surface area contributed by atoms with E-state index in [0.717, 1.165) is 28.2 Å². The molecule has 4 heteroatoms. The highest BCUT2D eigenvalue weighted by molar-refractivity contribution is 6.04. The van der Waals surface area contributed by atoms with Gasteiger partial charge in [0.15, 0.2) is 0 Å². The first kappa shape index (κ1) is 20.7. The van der Waals surface area contributed by atoms with Crippen LogP contribution in [0.4, 0.5) is 0 Å². The predicted octanol–water partition coefficient (Wildman–Crippen LogP) is 7.15. The Morgan fingerprint density at radius 2 is 1.27 bits per heavy atom. The molecule has 1 heterocycles. The maximum absolute atomic E-state index is 8.28. The van der Waals surface area contributed by atoms with Crippen molar-refractivity contribution in [3.8, 4) is 22.6 Å². The highest BCUT2D eigenvalue weighted by Crippen LogP contribution is 2.50. The molecule has 0 bridgehead atoms. The van der Waals surface area contributed by atoms with Gasteiger partial charge in [0.25, 0.3) is 0 Å². The molecule has 0 aromatic heterocycles. The number of hydrogen-bond acceptors (Lipinski definition) is 4. The topological polar surface area (TPSA) is 66.2 Å². The predicted molar refractivity (Wildman–Crippen MR) is 132 cm³/mol. The summed E-state index contributed by atoms with van der Waals surface area (Å²) >= 11 is 0. The van der Waals surface area contributed by atoms with Crippen LogP contribution >= 0.6 is 0 Å². The molecule has 4 nitrogen and oxygen atoms in total. The standard InChI is InChI=1S/C29H24N2O2/c1-29(2)23-12-6-7-14-25(23)32-26-22(11-8-13-24(26)29)19-15-17-21(18-16-19)28(31)33-27(30)20-9-4-3-5-10-20/h3-18,30-31H,1-2H3. The van der Waals surface area contributed by atoms with Gasteiger partial charge in [-0.2, -0.15) is 0 Å². The van der Waals surface area contributed by atoms with E-state index in [9.17, 15) is 0 Å². The lowest BCUT2D eigenvalue weighted by molar-refractivity contribution is 0.419. The quantitative estimate of drug-likeness (QED) is 0.267. The molecule has 1 aliphatic heterocycles. The molecule has 4 aromatic carbocycles. The van der Waals surface area contributed by atoms with Gasteiger partial charge in [-0.15, -0.1) is 0 Å². The molecular formula is C29H24N2O2. The number of hydrogen-bond donors (Lipinski definition) is 2. The molecule has 0 unspecified atom stereocenters. The molecule has 0 spiro atoms. The fourth-order valence-corrected chi connectivity index (χ4v) is 4.30. The minimum atomic E-state index is -0.173. The SMILES string of the molecule is CC1(C)c2ccccc2Oc2c(-c3ccc(C(=N)OC(=N)c4ccccc4)cc3)cccc21. The normalized spacial score (nSPS) is 13.3. The van der Waals surface area contributed by atoms with Crippen molar-refractivity contribution in [3.05, 3.63) is 119 Å². The Morgan fingerprint density at radius 3 is 2.00 bits per heavy atom. The van der Waals surface area contributed by atoms with Crippen LogP contribution in [-0.2, 0) is 10.2 Å². The van der Waals surface area contributed by atoms with Gasteiger partial charge in [-0.3, -0.25) is 10.8 Å². The summed E-state index contributed by atoms with van der Waals surface area (Å²) in [5.41, 5.74) is 5.40. The molecule has 0 radical (unpaired) electrons. The van der Waals surface area contributed by atoms with Crippen LogP contribution < -0.4 is 4.74 Å². The fourth-order valence-electron chi connectivity index (χ4n) is 4.30. The van der Waals surface area contributed by atoms with Crippen molar-refractivity contribution in [1.29, 1.82) is 10.8 Å². The van der Waals surface area contributed by atoms with Crippen LogP contribution in [0, 0.1) is 10.8 Å². The Balaban J connectivity index is 1.43. The van der Waals surface area contributed by atoms with E-state index in [0.29, 0.717) is 11.1 Å². The Bertz CT molecular complexity index is 1360. The summed E-state index contributed by atoms with van der Waals surface area (Å²) in [5, 5.41) is 16.4. The van der Waals surface area contributed by atoms with Crippen molar-refractivity contribution in [2.45, 2.75) is 19.3 Å². The van der Waals surface area contributed by atoms with Crippen molar-refractivity contribution < 1.29 is 9.47 Å². The molecular weight excluding hydrogens is 408 g/mol. The fraction of sp³-hybridized carbons (Fsp3) is 0.103. The van der Waals surface area contributed by atoms with E-state index in [2.05, 4.69) is 38.1 Å². The zero-order chi connectivity index (χ0) is 23.0. The second-order valence-electron chi connectivity index (χ2n) is 8.61. The van der Waals surface area contributed by atoms with Crippen LogP contribution in [-0.4, -0.2) is 11.8 Å². The minimum absolute atomic E-state index is 0.0453. The maximum atomic E-state index is 8.28. The van der Waals surface area contributed by atoms with Crippen LogP contribution in [0.2, 0.25) is 0 Å². The number of rotatable bonds is 3. The third kappa shape index (κ3) is 3.70. The first-order valence-corrected chi connectivity index (χ1v) is 10.9. The van der Waals surface area contributed by atoms with Crippen molar-refractivity contribution in [1.82, 2.24) is 0 Å². The summed E-state index contributed by atoms with van der Waals surface area (Å²) in [6.07, 6.45) is 0. The number of fused-ring (bicyclic) bond motifs is 2. The van der Waals surface area contributed by atoms with Gasteiger partial charge < -0.3 is 9.47 Å². The summed E-state index contributed by atoms with van der Waals surface area (Å²) in [7, 11) is 0. The smallest absolute Gasteiger partial charge is 0.221 e. The largest absolute Gasteiger partial charge is 0.456 e. The van der Waals surface area contributed by atoms with E-state index in [1.54, 1.807) is 12.1 Å². The molecule has 0 saturated carbocycles. The molecule has 0 aliphatic carbocycles. The maximum Gasteiger partial charge on any atom is 0.221 e. The van der Waals surface area contributed by atoms with Gasteiger partial charge in [0.05, 0.1) is 0 Å². The van der Waals surface area contributed by atoms with Crippen molar-refractivity contribution >= 4 is 11.8 Å². The minimum Gasteiger partial charge on any atom is -0.456 e. The van der Waals surface area contributed by atoms with E-state index in [4.69, 9.17) is 20.3 Å². The Morgan fingerprint density at radius 1 is 0.667 bits per heavy atom. The molecule has 0 fully saturated rings. The average molecular weight is 433 g/mol. The van der Waals surface area contributed by atoms with E-state index in [1.165, 1.54) is 5.56 Å². The van der Waals surface area contributed by atoms with Gasteiger partial charge in [-0.05, 0) is 35.9 Å². The highest BCUT2D eigenvalue weighted by atomic mass is 16.5. The van der Waals surface area contributed by atoms with Crippen LogP contribution in [0.15, 0.2) is 97.1 Å².